The molecule has 0 aromatic rings. The van der Waals surface area contributed by atoms with Gasteiger partial charge in [0.25, 0.3) is 0 Å². The van der Waals surface area contributed by atoms with E-state index in [9.17, 15) is 9.59 Å². The minimum atomic E-state index is -0.972. The van der Waals surface area contributed by atoms with Crippen LogP contribution in [-0.4, -0.2) is 35.2 Å². The highest BCUT2D eigenvalue weighted by Gasteiger charge is 2.53. The van der Waals surface area contributed by atoms with Crippen LogP contribution >= 0.6 is 0 Å². The molecule has 0 aromatic carbocycles. The van der Waals surface area contributed by atoms with E-state index in [4.69, 9.17) is 9.84 Å². The van der Waals surface area contributed by atoms with Gasteiger partial charge in [-0.05, 0) is 13.8 Å². The summed E-state index contributed by atoms with van der Waals surface area (Å²) in [5.41, 5.74) is 0. The lowest BCUT2D eigenvalue weighted by atomic mass is 9.82. The SMILES string of the molecule is CC(C)NC(=O)[C@@H]1[C@@H](C(=O)O)[C@@H]2C=C[C@@H]1O2. The largest absolute Gasteiger partial charge is 0.481 e. The molecule has 0 unspecified atom stereocenters. The highest BCUT2D eigenvalue weighted by molar-refractivity contribution is 5.87. The summed E-state index contributed by atoms with van der Waals surface area (Å²) in [5.74, 6) is -2.57. The Kier molecular flexibility index (Phi) is 2.71. The third kappa shape index (κ3) is 1.71. The molecule has 2 N–H and O–H groups in total. The third-order valence-electron chi connectivity index (χ3n) is 2.92. The monoisotopic (exact) mass is 225 g/mol. The van der Waals surface area contributed by atoms with Gasteiger partial charge in [0.1, 0.15) is 5.92 Å². The average molecular weight is 225 g/mol. The number of carbonyl (C=O) groups excluding carboxylic acids is 1. The molecule has 1 fully saturated rings. The molecule has 0 spiro atoms. The molecule has 2 heterocycles. The summed E-state index contributed by atoms with van der Waals surface area (Å²) in [5, 5.41) is 11.8. The van der Waals surface area contributed by atoms with Crippen LogP contribution in [0.2, 0.25) is 0 Å². The molecule has 2 aliphatic rings. The smallest absolute Gasteiger partial charge is 0.310 e. The predicted octanol–water partition coefficient (Wildman–Crippen LogP) is 0.165. The van der Waals surface area contributed by atoms with E-state index in [-0.39, 0.29) is 18.1 Å². The number of hydrogen-bond acceptors (Lipinski definition) is 3. The van der Waals surface area contributed by atoms with E-state index in [0.717, 1.165) is 0 Å². The molecule has 1 saturated heterocycles. The maximum absolute atomic E-state index is 11.9. The molecule has 0 aromatic heterocycles. The molecule has 0 aliphatic carbocycles. The Labute approximate surface area is 93.5 Å². The van der Waals surface area contributed by atoms with Crippen molar-refractivity contribution < 1.29 is 19.4 Å². The maximum atomic E-state index is 11.9. The summed E-state index contributed by atoms with van der Waals surface area (Å²) >= 11 is 0. The lowest BCUT2D eigenvalue weighted by Gasteiger charge is -2.22. The molecule has 5 nitrogen and oxygen atoms in total. The summed E-state index contributed by atoms with van der Waals surface area (Å²) in [6, 6.07) is 0.00468. The average Bonchev–Trinajstić information content (AvgIpc) is 2.74. The normalized spacial score (nSPS) is 35.7. The first-order valence-electron chi connectivity index (χ1n) is 5.37. The van der Waals surface area contributed by atoms with Crippen LogP contribution in [0.5, 0.6) is 0 Å². The van der Waals surface area contributed by atoms with Crippen LogP contribution < -0.4 is 5.32 Å². The van der Waals surface area contributed by atoms with Crippen molar-refractivity contribution in [1.29, 1.82) is 0 Å². The van der Waals surface area contributed by atoms with Gasteiger partial charge >= 0.3 is 5.97 Å². The van der Waals surface area contributed by atoms with Gasteiger partial charge < -0.3 is 15.2 Å². The Morgan fingerprint density at radius 2 is 1.81 bits per heavy atom. The molecule has 2 bridgehead atoms. The second kappa shape index (κ2) is 3.90. The summed E-state index contributed by atoms with van der Waals surface area (Å²) in [4.78, 5) is 23.0. The number of aliphatic carboxylic acids is 1. The topological polar surface area (TPSA) is 75.6 Å². The van der Waals surface area contributed by atoms with E-state index in [0.29, 0.717) is 0 Å². The van der Waals surface area contributed by atoms with Crippen molar-refractivity contribution in [2.45, 2.75) is 32.1 Å². The van der Waals surface area contributed by atoms with Crippen molar-refractivity contribution in [2.24, 2.45) is 11.8 Å². The molecule has 2 rings (SSSR count). The van der Waals surface area contributed by atoms with Gasteiger partial charge in [0.05, 0.1) is 18.1 Å². The summed E-state index contributed by atoms with van der Waals surface area (Å²) < 4.78 is 5.41. The number of amides is 1. The van der Waals surface area contributed by atoms with E-state index in [2.05, 4.69) is 5.32 Å². The molecule has 88 valence electrons. The number of rotatable bonds is 3. The van der Waals surface area contributed by atoms with Gasteiger partial charge in [0.2, 0.25) is 5.91 Å². The van der Waals surface area contributed by atoms with Crippen molar-refractivity contribution in [2.75, 3.05) is 0 Å². The van der Waals surface area contributed by atoms with E-state index < -0.39 is 23.9 Å². The number of nitrogens with one attached hydrogen (secondary N) is 1. The number of carbonyl (C=O) groups is 2. The number of fused-ring (bicyclic) bond motifs is 2. The molecular weight excluding hydrogens is 210 g/mol. The molecular formula is C11H15NO4. The Hall–Kier alpha value is -1.36. The number of carboxylic acids is 1. The highest BCUT2D eigenvalue weighted by atomic mass is 16.5. The number of hydrogen-bond donors (Lipinski definition) is 2. The molecule has 1 amide bonds. The van der Waals surface area contributed by atoms with Crippen LogP contribution in [0.4, 0.5) is 0 Å². The van der Waals surface area contributed by atoms with Crippen molar-refractivity contribution in [3.05, 3.63) is 12.2 Å². The number of ether oxygens (including phenoxy) is 1. The van der Waals surface area contributed by atoms with Crippen molar-refractivity contribution >= 4 is 11.9 Å². The van der Waals surface area contributed by atoms with E-state index >= 15 is 0 Å². The van der Waals surface area contributed by atoms with Gasteiger partial charge in [-0.1, -0.05) is 12.2 Å². The maximum Gasteiger partial charge on any atom is 0.310 e. The van der Waals surface area contributed by atoms with E-state index in [1.165, 1.54) is 0 Å². The number of carboxylic acid groups (broad SMARTS) is 1. The minimum absolute atomic E-state index is 0.00468. The van der Waals surface area contributed by atoms with Gasteiger partial charge in [0.15, 0.2) is 0 Å². The van der Waals surface area contributed by atoms with Gasteiger partial charge in [-0.15, -0.1) is 0 Å². The van der Waals surface area contributed by atoms with Crippen LogP contribution in [0.25, 0.3) is 0 Å². The van der Waals surface area contributed by atoms with Crippen LogP contribution in [0.15, 0.2) is 12.2 Å². The molecule has 2 aliphatic heterocycles. The van der Waals surface area contributed by atoms with Gasteiger partial charge in [-0.3, -0.25) is 9.59 Å². The van der Waals surface area contributed by atoms with Crippen LogP contribution in [-0.2, 0) is 14.3 Å². The molecule has 5 heteroatoms. The van der Waals surface area contributed by atoms with Gasteiger partial charge in [-0.25, -0.2) is 0 Å². The Morgan fingerprint density at radius 3 is 2.31 bits per heavy atom. The van der Waals surface area contributed by atoms with E-state index in [1.807, 2.05) is 13.8 Å². The van der Waals surface area contributed by atoms with Gasteiger partial charge in [-0.2, -0.15) is 0 Å². The highest BCUT2D eigenvalue weighted by Crippen LogP contribution is 2.39. The first-order valence-corrected chi connectivity index (χ1v) is 5.37. The van der Waals surface area contributed by atoms with Crippen LogP contribution in [0, 0.1) is 11.8 Å². The minimum Gasteiger partial charge on any atom is -0.481 e. The summed E-state index contributed by atoms with van der Waals surface area (Å²) in [6.45, 7) is 3.69. The summed E-state index contributed by atoms with van der Waals surface area (Å²) in [6.07, 6.45) is 2.66. The standard InChI is InChI=1S/C11H15NO4/c1-5(2)12-10(13)8-6-3-4-7(16-6)9(8)11(14)15/h3-9H,1-2H3,(H,12,13)(H,14,15)/t6-,7-,8-,9-/m0/s1. The zero-order chi connectivity index (χ0) is 11.9. The molecule has 0 radical (unpaired) electrons. The van der Waals surface area contributed by atoms with Crippen LogP contribution in [0.1, 0.15) is 13.8 Å². The molecule has 0 saturated carbocycles. The molecule has 4 atom stereocenters. The van der Waals surface area contributed by atoms with Crippen molar-refractivity contribution in [1.82, 2.24) is 5.32 Å². The summed E-state index contributed by atoms with van der Waals surface area (Å²) in [7, 11) is 0. The zero-order valence-electron chi connectivity index (χ0n) is 9.21. The second-order valence-corrected chi connectivity index (χ2v) is 4.50. The first-order chi connectivity index (χ1) is 7.50. The lowest BCUT2D eigenvalue weighted by molar-refractivity contribution is -0.146. The van der Waals surface area contributed by atoms with Crippen molar-refractivity contribution in [3.63, 3.8) is 0 Å². The van der Waals surface area contributed by atoms with E-state index in [1.54, 1.807) is 12.2 Å². The van der Waals surface area contributed by atoms with Crippen molar-refractivity contribution in [3.8, 4) is 0 Å². The quantitative estimate of drug-likeness (QED) is 0.671. The zero-order valence-corrected chi connectivity index (χ0v) is 9.21. The fraction of sp³-hybridized carbons (Fsp3) is 0.636. The predicted molar refractivity (Wildman–Crippen MR) is 55.7 cm³/mol. The fourth-order valence-electron chi connectivity index (χ4n) is 2.30. The lowest BCUT2D eigenvalue weighted by Crippen LogP contribution is -2.44. The molecule has 16 heavy (non-hydrogen) atoms. The Bertz CT molecular complexity index is 350. The third-order valence-corrected chi connectivity index (χ3v) is 2.92. The Morgan fingerprint density at radius 1 is 1.25 bits per heavy atom. The van der Waals surface area contributed by atoms with Gasteiger partial charge in [0, 0.05) is 6.04 Å². The second-order valence-electron chi connectivity index (χ2n) is 4.50. The fourth-order valence-corrected chi connectivity index (χ4v) is 2.30. The Balaban J connectivity index is 2.16. The van der Waals surface area contributed by atoms with Crippen LogP contribution in [0.3, 0.4) is 0 Å². The first kappa shape index (κ1) is 11.1.